The second kappa shape index (κ2) is 7.69. The molecule has 0 spiro atoms. The lowest BCUT2D eigenvalue weighted by Gasteiger charge is -2.13. The smallest absolute Gasteiger partial charge is 0.161 e. The first-order valence-corrected chi connectivity index (χ1v) is 10.5. The number of H-pyrrole nitrogens is 2. The number of hydrogen-bond acceptors (Lipinski definition) is 7. The van der Waals surface area contributed by atoms with Crippen LogP contribution in [0.25, 0.3) is 56.0 Å². The van der Waals surface area contributed by atoms with Crippen LogP contribution < -0.4 is 4.90 Å². The van der Waals surface area contributed by atoms with Crippen LogP contribution in [-0.2, 0) is 0 Å². The molecule has 0 atom stereocenters. The van der Waals surface area contributed by atoms with Crippen LogP contribution in [0.4, 0.5) is 10.1 Å². The maximum Gasteiger partial charge on any atom is 0.161 e. The van der Waals surface area contributed by atoms with Gasteiger partial charge in [-0.05, 0) is 18.2 Å². The number of aromatic amines is 2. The number of hydrogen-bond donors (Lipinski definition) is 2. The Kier molecular flexibility index (Phi) is 4.51. The van der Waals surface area contributed by atoms with Crippen molar-refractivity contribution in [3.05, 3.63) is 67.3 Å². The second-order valence-electron chi connectivity index (χ2n) is 7.99. The van der Waals surface area contributed by atoms with Crippen LogP contribution in [0.5, 0.6) is 0 Å². The van der Waals surface area contributed by atoms with Crippen molar-refractivity contribution >= 4 is 27.6 Å². The number of anilines is 1. The first kappa shape index (κ1) is 19.9. The quantitative estimate of drug-likeness (QED) is 0.413. The first-order chi connectivity index (χ1) is 16.6. The molecule has 2 N–H and O–H groups in total. The van der Waals surface area contributed by atoms with E-state index in [0.29, 0.717) is 39.0 Å². The average molecular weight is 451 g/mol. The third kappa shape index (κ3) is 3.15. The van der Waals surface area contributed by atoms with Crippen molar-refractivity contribution in [1.29, 1.82) is 0 Å². The lowest BCUT2D eigenvalue weighted by atomic mass is 10.1. The van der Waals surface area contributed by atoms with Crippen molar-refractivity contribution in [2.24, 2.45) is 0 Å². The number of pyridine rings is 4. The highest BCUT2D eigenvalue weighted by atomic mass is 19.1. The summed E-state index contributed by atoms with van der Waals surface area (Å²) >= 11 is 0. The summed E-state index contributed by atoms with van der Waals surface area (Å²) in [6.07, 6.45) is 9.98. The molecule has 6 heterocycles. The van der Waals surface area contributed by atoms with Gasteiger partial charge in [0.05, 0.1) is 46.4 Å². The minimum absolute atomic E-state index is 0.193. The van der Waals surface area contributed by atoms with E-state index < -0.39 is 5.82 Å². The fourth-order valence-electron chi connectivity index (χ4n) is 3.90. The molecule has 0 aliphatic heterocycles. The summed E-state index contributed by atoms with van der Waals surface area (Å²) in [5.74, 6) is -0.0786. The molecule has 6 rings (SSSR count). The van der Waals surface area contributed by atoms with Crippen LogP contribution in [0.3, 0.4) is 0 Å². The van der Waals surface area contributed by atoms with Crippen LogP contribution in [0.1, 0.15) is 0 Å². The lowest BCUT2D eigenvalue weighted by molar-refractivity contribution is 0.638. The van der Waals surface area contributed by atoms with Gasteiger partial charge in [-0.25, -0.2) is 9.37 Å². The van der Waals surface area contributed by atoms with Gasteiger partial charge in [-0.15, -0.1) is 0 Å². The number of fused-ring (bicyclic) bond motifs is 2. The molecule has 0 aliphatic rings. The van der Waals surface area contributed by atoms with E-state index in [1.54, 1.807) is 37.2 Å². The Morgan fingerprint density at radius 2 is 1.79 bits per heavy atom. The van der Waals surface area contributed by atoms with Crippen LogP contribution in [0.15, 0.2) is 61.4 Å². The van der Waals surface area contributed by atoms with Crippen molar-refractivity contribution in [2.45, 2.75) is 0 Å². The van der Waals surface area contributed by atoms with Gasteiger partial charge in [0.15, 0.2) is 11.6 Å². The zero-order chi connectivity index (χ0) is 23.2. The molecule has 0 aliphatic carbocycles. The molecule has 0 aromatic carbocycles. The fraction of sp³-hybridized carbons (Fsp3) is 0.0833. The van der Waals surface area contributed by atoms with Gasteiger partial charge in [-0.1, -0.05) is 6.07 Å². The molecule has 0 amide bonds. The molecule has 0 saturated carbocycles. The Morgan fingerprint density at radius 1 is 0.912 bits per heavy atom. The van der Waals surface area contributed by atoms with Gasteiger partial charge in [0, 0.05) is 43.8 Å². The molecule has 0 unspecified atom stereocenters. The number of nitrogens with one attached hydrogen (secondary N) is 2. The summed E-state index contributed by atoms with van der Waals surface area (Å²) in [4.78, 5) is 27.1. The maximum atomic E-state index is 15.8. The van der Waals surface area contributed by atoms with Crippen molar-refractivity contribution in [2.75, 3.05) is 19.0 Å². The molecule has 0 fully saturated rings. The summed E-state index contributed by atoms with van der Waals surface area (Å²) in [6, 6.07) is 7.49. The van der Waals surface area contributed by atoms with Crippen molar-refractivity contribution in [1.82, 2.24) is 40.1 Å². The fourth-order valence-corrected chi connectivity index (χ4v) is 3.90. The van der Waals surface area contributed by atoms with E-state index in [1.807, 2.05) is 43.3 Å². The summed E-state index contributed by atoms with van der Waals surface area (Å²) in [6.45, 7) is 0. The van der Waals surface area contributed by atoms with E-state index >= 15 is 4.39 Å². The predicted octanol–water partition coefficient (Wildman–Crippen LogP) is 4.23. The molecular formula is C24H18FN9. The monoisotopic (exact) mass is 451 g/mol. The van der Waals surface area contributed by atoms with E-state index in [2.05, 4.69) is 35.1 Å². The Bertz CT molecular complexity index is 1650. The highest BCUT2D eigenvalue weighted by Crippen LogP contribution is 2.34. The Labute approximate surface area is 192 Å². The highest BCUT2D eigenvalue weighted by Gasteiger charge is 2.21. The van der Waals surface area contributed by atoms with Crippen LogP contribution >= 0.6 is 0 Å². The minimum atomic E-state index is -0.498. The molecule has 0 saturated heterocycles. The first-order valence-electron chi connectivity index (χ1n) is 10.5. The molecular weight excluding hydrogens is 433 g/mol. The SMILES string of the molecule is CN(C)c1cncc(-c2ncc3[nH]nc(-c4nc5c(-c6ccccn6)cncc5[nH]4)c3c2F)c1. The van der Waals surface area contributed by atoms with Crippen molar-refractivity contribution < 1.29 is 4.39 Å². The number of rotatable bonds is 4. The van der Waals surface area contributed by atoms with Gasteiger partial charge in [-0.2, -0.15) is 5.10 Å². The molecule has 6 aromatic heterocycles. The molecule has 9 nitrogen and oxygen atoms in total. The standard InChI is InChI=1S/C24H18FN9/c1-34(2)14-7-13(8-26-9-14)21-20(25)19-17(12-29-21)32-33-23(19)24-30-18-11-27-10-15(22(18)31-24)16-5-3-4-6-28-16/h3-12H,1-2H3,(H,30,31)(H,32,33). The van der Waals surface area contributed by atoms with Crippen molar-refractivity contribution in [3.8, 4) is 34.0 Å². The van der Waals surface area contributed by atoms with Gasteiger partial charge >= 0.3 is 0 Å². The molecule has 6 aromatic rings. The van der Waals surface area contributed by atoms with Crippen molar-refractivity contribution in [3.63, 3.8) is 0 Å². The molecule has 10 heteroatoms. The second-order valence-corrected chi connectivity index (χ2v) is 7.99. The van der Waals surface area contributed by atoms with Gasteiger partial charge in [-0.3, -0.25) is 25.0 Å². The summed E-state index contributed by atoms with van der Waals surface area (Å²) in [5, 5.41) is 7.51. The minimum Gasteiger partial charge on any atom is -0.376 e. The van der Waals surface area contributed by atoms with E-state index in [-0.39, 0.29) is 5.69 Å². The number of nitrogens with zero attached hydrogens (tertiary/aromatic N) is 7. The number of aromatic nitrogens is 8. The summed E-state index contributed by atoms with van der Waals surface area (Å²) in [5.41, 5.74) is 5.34. The van der Waals surface area contributed by atoms with Gasteiger partial charge < -0.3 is 9.88 Å². The lowest BCUT2D eigenvalue weighted by Crippen LogP contribution is -2.09. The van der Waals surface area contributed by atoms with Gasteiger partial charge in [0.2, 0.25) is 0 Å². The number of imidazole rings is 1. The zero-order valence-corrected chi connectivity index (χ0v) is 18.3. The maximum absolute atomic E-state index is 15.8. The zero-order valence-electron chi connectivity index (χ0n) is 18.3. The predicted molar refractivity (Wildman–Crippen MR) is 128 cm³/mol. The molecule has 0 radical (unpaired) electrons. The topological polar surface area (TPSA) is 112 Å². The van der Waals surface area contributed by atoms with Crippen LogP contribution in [-0.4, -0.2) is 54.2 Å². The molecule has 166 valence electrons. The van der Waals surface area contributed by atoms with Gasteiger partial charge in [0.1, 0.15) is 16.9 Å². The molecule has 0 bridgehead atoms. The average Bonchev–Trinajstić information content (AvgIpc) is 3.49. The largest absolute Gasteiger partial charge is 0.376 e. The van der Waals surface area contributed by atoms with Crippen LogP contribution in [0.2, 0.25) is 0 Å². The summed E-state index contributed by atoms with van der Waals surface area (Å²) < 4.78 is 15.8. The Morgan fingerprint density at radius 3 is 2.62 bits per heavy atom. The van der Waals surface area contributed by atoms with Crippen LogP contribution in [0, 0.1) is 5.82 Å². The Balaban J connectivity index is 1.52. The normalized spacial score (nSPS) is 11.4. The highest BCUT2D eigenvalue weighted by molar-refractivity contribution is 5.97. The Hall–Kier alpha value is -4.73. The third-order valence-electron chi connectivity index (χ3n) is 5.62. The number of halogens is 1. The van der Waals surface area contributed by atoms with E-state index in [9.17, 15) is 0 Å². The van der Waals surface area contributed by atoms with E-state index in [4.69, 9.17) is 4.98 Å². The molecule has 34 heavy (non-hydrogen) atoms. The van der Waals surface area contributed by atoms with E-state index in [1.165, 1.54) is 0 Å². The van der Waals surface area contributed by atoms with E-state index in [0.717, 1.165) is 16.9 Å². The summed E-state index contributed by atoms with van der Waals surface area (Å²) in [7, 11) is 3.80. The third-order valence-corrected chi connectivity index (χ3v) is 5.62. The van der Waals surface area contributed by atoms with Gasteiger partial charge in [0.25, 0.3) is 0 Å².